The first-order valence-electron chi connectivity index (χ1n) is 7.03. The molecule has 0 heterocycles. The molecular weight excluding hydrogens is 236 g/mol. The van der Waals surface area contributed by atoms with Crippen LogP contribution in [0.1, 0.15) is 43.9 Å². The van der Waals surface area contributed by atoms with Crippen LogP contribution in [-0.4, -0.2) is 17.7 Å². The number of hydrogen-bond donors (Lipinski definition) is 2. The van der Waals surface area contributed by atoms with Crippen molar-refractivity contribution < 1.29 is 5.11 Å². The van der Waals surface area contributed by atoms with Crippen LogP contribution >= 0.6 is 0 Å². The molecule has 4 unspecified atom stereocenters. The smallest absolute Gasteiger partial charge is 0.0991 e. The summed E-state index contributed by atoms with van der Waals surface area (Å²) in [6, 6.07) is 9.75. The van der Waals surface area contributed by atoms with Crippen molar-refractivity contribution in [2.24, 2.45) is 11.8 Å². The molecule has 0 aliphatic heterocycles. The van der Waals surface area contributed by atoms with Gasteiger partial charge < -0.3 is 10.4 Å². The Kier molecular flexibility index (Phi) is 4.57. The monoisotopic (exact) mass is 258 g/mol. The Morgan fingerprint density at radius 2 is 2.00 bits per heavy atom. The number of aliphatic hydroxyl groups is 1. The molecule has 4 atom stereocenters. The zero-order chi connectivity index (χ0) is 13.8. The molecule has 3 nitrogen and oxygen atoms in total. The Bertz CT molecular complexity index is 449. The van der Waals surface area contributed by atoms with Crippen LogP contribution in [0.25, 0.3) is 0 Å². The molecule has 2 rings (SSSR count). The Morgan fingerprint density at radius 1 is 1.32 bits per heavy atom. The molecule has 1 aromatic rings. The van der Waals surface area contributed by atoms with Gasteiger partial charge in [-0.2, -0.15) is 5.26 Å². The normalized spacial score (nSPS) is 28.0. The summed E-state index contributed by atoms with van der Waals surface area (Å²) in [4.78, 5) is 0. The van der Waals surface area contributed by atoms with Gasteiger partial charge in [0.25, 0.3) is 0 Å². The number of aliphatic hydroxyl groups excluding tert-OH is 1. The first-order valence-corrected chi connectivity index (χ1v) is 7.03. The molecule has 3 heteroatoms. The van der Waals surface area contributed by atoms with E-state index in [1.54, 1.807) is 12.1 Å². The third-order valence-electron chi connectivity index (χ3n) is 4.46. The molecule has 0 radical (unpaired) electrons. The van der Waals surface area contributed by atoms with E-state index < -0.39 is 6.10 Å². The second-order valence-electron chi connectivity index (χ2n) is 5.68. The van der Waals surface area contributed by atoms with Gasteiger partial charge in [-0.05, 0) is 42.4 Å². The fraction of sp³-hybridized carbons (Fsp3) is 0.562. The SMILES string of the molecule is CC1CCC(NCC(O)c2ccc(C#N)cc2)C1C. The second kappa shape index (κ2) is 6.18. The molecule has 0 bridgehead atoms. The highest BCUT2D eigenvalue weighted by atomic mass is 16.3. The third kappa shape index (κ3) is 3.34. The molecule has 0 spiro atoms. The van der Waals surface area contributed by atoms with Gasteiger partial charge in [-0.1, -0.05) is 26.0 Å². The second-order valence-corrected chi connectivity index (χ2v) is 5.68. The molecule has 0 amide bonds. The van der Waals surface area contributed by atoms with E-state index in [-0.39, 0.29) is 0 Å². The van der Waals surface area contributed by atoms with Crippen LogP contribution in [0.15, 0.2) is 24.3 Å². The summed E-state index contributed by atoms with van der Waals surface area (Å²) in [6.07, 6.45) is 1.96. The Morgan fingerprint density at radius 3 is 2.53 bits per heavy atom. The molecule has 2 N–H and O–H groups in total. The minimum Gasteiger partial charge on any atom is -0.387 e. The average molecular weight is 258 g/mol. The van der Waals surface area contributed by atoms with Crippen molar-refractivity contribution in [1.29, 1.82) is 5.26 Å². The largest absolute Gasteiger partial charge is 0.387 e. The highest BCUT2D eigenvalue weighted by Crippen LogP contribution is 2.31. The van der Waals surface area contributed by atoms with E-state index in [2.05, 4.69) is 25.2 Å². The average Bonchev–Trinajstić information content (AvgIpc) is 2.76. The summed E-state index contributed by atoms with van der Waals surface area (Å²) in [5, 5.41) is 22.4. The summed E-state index contributed by atoms with van der Waals surface area (Å²) in [7, 11) is 0. The lowest BCUT2D eigenvalue weighted by Crippen LogP contribution is -2.35. The summed E-state index contributed by atoms with van der Waals surface area (Å²) in [6.45, 7) is 5.15. The first kappa shape index (κ1) is 14.0. The Balaban J connectivity index is 1.87. The lowest BCUT2D eigenvalue weighted by molar-refractivity contribution is 0.165. The van der Waals surface area contributed by atoms with Crippen molar-refractivity contribution in [3.05, 3.63) is 35.4 Å². The lowest BCUT2D eigenvalue weighted by Gasteiger charge is -2.21. The van der Waals surface area contributed by atoms with E-state index >= 15 is 0 Å². The van der Waals surface area contributed by atoms with Gasteiger partial charge in [0.1, 0.15) is 0 Å². The quantitative estimate of drug-likeness (QED) is 0.873. The van der Waals surface area contributed by atoms with Crippen LogP contribution in [0.3, 0.4) is 0 Å². The Hall–Kier alpha value is -1.37. The topological polar surface area (TPSA) is 56.0 Å². The van der Waals surface area contributed by atoms with Crippen molar-refractivity contribution in [3.8, 4) is 6.07 Å². The molecule has 0 aromatic heterocycles. The maximum absolute atomic E-state index is 10.2. The predicted molar refractivity (Wildman–Crippen MR) is 75.5 cm³/mol. The molecule has 19 heavy (non-hydrogen) atoms. The van der Waals surface area contributed by atoms with Crippen molar-refractivity contribution in [2.75, 3.05) is 6.54 Å². The van der Waals surface area contributed by atoms with Gasteiger partial charge in [-0.15, -0.1) is 0 Å². The molecule has 0 saturated heterocycles. The van der Waals surface area contributed by atoms with Crippen LogP contribution in [0.5, 0.6) is 0 Å². The highest BCUT2D eigenvalue weighted by Gasteiger charge is 2.29. The first-order chi connectivity index (χ1) is 9.11. The van der Waals surface area contributed by atoms with Gasteiger partial charge in [0.05, 0.1) is 17.7 Å². The minimum absolute atomic E-state index is 0.504. The zero-order valence-electron chi connectivity index (χ0n) is 11.6. The van der Waals surface area contributed by atoms with Gasteiger partial charge in [0, 0.05) is 12.6 Å². The fourth-order valence-electron chi connectivity index (χ4n) is 2.81. The summed E-state index contributed by atoms with van der Waals surface area (Å²) in [5.41, 5.74) is 1.49. The zero-order valence-corrected chi connectivity index (χ0v) is 11.6. The molecular formula is C16H22N2O. The number of hydrogen-bond acceptors (Lipinski definition) is 3. The van der Waals surface area contributed by atoms with Crippen LogP contribution in [0.2, 0.25) is 0 Å². The highest BCUT2D eigenvalue weighted by molar-refractivity contribution is 5.32. The van der Waals surface area contributed by atoms with Crippen LogP contribution < -0.4 is 5.32 Å². The molecule has 1 saturated carbocycles. The maximum Gasteiger partial charge on any atom is 0.0991 e. The van der Waals surface area contributed by atoms with Gasteiger partial charge in [-0.3, -0.25) is 0 Å². The van der Waals surface area contributed by atoms with Crippen LogP contribution in [-0.2, 0) is 0 Å². The summed E-state index contributed by atoms with van der Waals surface area (Å²) in [5.74, 6) is 1.44. The van der Waals surface area contributed by atoms with Gasteiger partial charge in [0.15, 0.2) is 0 Å². The molecule has 1 aromatic carbocycles. The van der Waals surface area contributed by atoms with Gasteiger partial charge in [-0.25, -0.2) is 0 Å². The fourth-order valence-corrected chi connectivity index (χ4v) is 2.81. The number of nitrogens with zero attached hydrogens (tertiary/aromatic N) is 1. The molecule has 102 valence electrons. The number of nitrogens with one attached hydrogen (secondary N) is 1. The lowest BCUT2D eigenvalue weighted by atomic mass is 9.97. The Labute approximate surface area is 115 Å². The van der Waals surface area contributed by atoms with E-state index in [0.29, 0.717) is 24.1 Å². The van der Waals surface area contributed by atoms with Crippen LogP contribution in [0, 0.1) is 23.2 Å². The standard InChI is InChI=1S/C16H22N2O/c1-11-3-8-15(12(11)2)18-10-16(19)14-6-4-13(9-17)5-7-14/h4-7,11-12,15-16,18-19H,3,8,10H2,1-2H3. The number of benzene rings is 1. The number of nitriles is 1. The van der Waals surface area contributed by atoms with Crippen molar-refractivity contribution >= 4 is 0 Å². The molecule has 1 aliphatic rings. The third-order valence-corrected chi connectivity index (χ3v) is 4.46. The van der Waals surface area contributed by atoms with E-state index in [9.17, 15) is 5.11 Å². The summed E-state index contributed by atoms with van der Waals surface area (Å²) >= 11 is 0. The predicted octanol–water partition coefficient (Wildman–Crippen LogP) is 2.62. The molecule has 1 fully saturated rings. The number of rotatable bonds is 4. The van der Waals surface area contributed by atoms with Gasteiger partial charge in [0.2, 0.25) is 0 Å². The van der Waals surface area contributed by atoms with E-state index in [4.69, 9.17) is 5.26 Å². The van der Waals surface area contributed by atoms with Crippen molar-refractivity contribution in [2.45, 2.75) is 38.8 Å². The maximum atomic E-state index is 10.2. The van der Waals surface area contributed by atoms with Gasteiger partial charge >= 0.3 is 0 Å². The van der Waals surface area contributed by atoms with Crippen molar-refractivity contribution in [3.63, 3.8) is 0 Å². The molecule has 1 aliphatic carbocycles. The van der Waals surface area contributed by atoms with E-state index in [0.717, 1.165) is 11.5 Å². The summed E-state index contributed by atoms with van der Waals surface area (Å²) < 4.78 is 0. The van der Waals surface area contributed by atoms with Crippen molar-refractivity contribution in [1.82, 2.24) is 5.32 Å². The van der Waals surface area contributed by atoms with E-state index in [1.165, 1.54) is 12.8 Å². The minimum atomic E-state index is -0.504. The van der Waals surface area contributed by atoms with Crippen LogP contribution in [0.4, 0.5) is 0 Å². The van der Waals surface area contributed by atoms with E-state index in [1.807, 2.05) is 12.1 Å².